The molecule has 11 heteroatoms. The Morgan fingerprint density at radius 1 is 0.263 bits per heavy atom. The molecule has 9 aromatic carbocycles. The van der Waals surface area contributed by atoms with Crippen LogP contribution in [0.3, 0.4) is 0 Å². The van der Waals surface area contributed by atoms with Crippen molar-refractivity contribution in [3.05, 3.63) is 268 Å². The van der Waals surface area contributed by atoms with Crippen molar-refractivity contribution < 1.29 is 24.6 Å². The van der Waals surface area contributed by atoms with Crippen molar-refractivity contribution in [3.8, 4) is 0 Å². The number of ether oxygens (including phenoxy) is 3. The van der Waals surface area contributed by atoms with Crippen LogP contribution in [0.5, 0.6) is 0 Å². The molecule has 416 valence electrons. The Morgan fingerprint density at radius 3 is 0.562 bits per heavy atom. The van der Waals surface area contributed by atoms with Gasteiger partial charge in [-0.1, -0.05) is 0 Å². The third-order valence-electron chi connectivity index (χ3n) is 14.3. The summed E-state index contributed by atoms with van der Waals surface area (Å²) in [6.45, 7) is 14.2. The molecule has 0 aliphatic rings. The minimum absolute atomic E-state index is 0.567. The van der Waals surface area contributed by atoms with Crippen LogP contribution in [0.25, 0.3) is 0 Å². The van der Waals surface area contributed by atoms with E-state index in [2.05, 4.69) is 260 Å². The fraction of sp³-hybridized carbons (Fsp3) is 0.217. The van der Waals surface area contributed by atoms with Crippen molar-refractivity contribution >= 4 is 51.0 Å². The van der Waals surface area contributed by atoms with Gasteiger partial charge in [0.1, 0.15) is 0 Å². The van der Waals surface area contributed by atoms with E-state index in [0.717, 1.165) is 113 Å². The molecule has 0 amide bonds. The van der Waals surface area contributed by atoms with Crippen molar-refractivity contribution in [2.24, 2.45) is 0 Å². The second-order valence-electron chi connectivity index (χ2n) is 20.4. The van der Waals surface area contributed by atoms with Crippen LogP contribution in [0.15, 0.2) is 262 Å². The zero-order chi connectivity index (χ0) is 56.3. The second kappa shape index (κ2) is 26.5. The van der Waals surface area contributed by atoms with Gasteiger partial charge in [0.15, 0.2) is 0 Å². The van der Waals surface area contributed by atoms with Crippen LogP contribution in [0, 0.1) is 41.5 Å². The van der Waals surface area contributed by atoms with Gasteiger partial charge in [0.2, 0.25) is 0 Å². The summed E-state index contributed by atoms with van der Waals surface area (Å²) in [6, 6.07) is 76.6. The van der Waals surface area contributed by atoms with Gasteiger partial charge in [-0.15, -0.1) is 0 Å². The van der Waals surface area contributed by atoms with E-state index in [0.29, 0.717) is 19.8 Å². The predicted molar refractivity (Wildman–Crippen MR) is 330 cm³/mol. The Kier molecular flexibility index (Phi) is 19.6. The number of hydrogen-bond donors (Lipinski definition) is 0. The molecule has 7 nitrogen and oxygen atoms in total. The van der Waals surface area contributed by atoms with Gasteiger partial charge in [0, 0.05) is 0 Å². The van der Waals surface area contributed by atoms with E-state index in [-0.39, 0.29) is 0 Å². The maximum atomic E-state index is 18.9. The van der Waals surface area contributed by atoms with Crippen LogP contribution in [0.4, 0.5) is 0 Å². The fourth-order valence-electron chi connectivity index (χ4n) is 9.64. The maximum absolute atomic E-state index is 18.9. The summed E-state index contributed by atoms with van der Waals surface area (Å²) < 4.78 is 60.6. The molecule has 0 saturated carbocycles. The quantitative estimate of drug-likeness (QED) is 0.0558. The van der Waals surface area contributed by atoms with Crippen molar-refractivity contribution in [2.45, 2.75) is 105 Å². The van der Waals surface area contributed by atoms with Crippen molar-refractivity contribution in [1.29, 1.82) is 0 Å². The molecule has 9 rings (SSSR count). The summed E-state index contributed by atoms with van der Waals surface area (Å²) in [4.78, 5) is 7.62. The Bertz CT molecular complexity index is 2950. The molecular weight excluding hydrogens is 1160 g/mol. The predicted octanol–water partition coefficient (Wildman–Crippen LogP) is 18.0. The second-order valence-corrected chi connectivity index (χ2v) is 34.8. The van der Waals surface area contributed by atoms with Crippen LogP contribution in [-0.4, -0.2) is 61.2 Å². The van der Waals surface area contributed by atoms with Crippen LogP contribution >= 0.6 is 30.9 Å². The Hall–Kier alpha value is -5.59. The molecule has 0 radical (unpaired) electrons. The zero-order valence-corrected chi connectivity index (χ0v) is 52.6. The number of rotatable bonds is 24. The first-order valence-electron chi connectivity index (χ1n) is 27.1. The van der Waals surface area contributed by atoms with Crippen LogP contribution in [0.1, 0.15) is 50.1 Å². The molecule has 0 bridgehead atoms. The molecule has 9 aromatic rings. The third-order valence-corrected chi connectivity index (χ3v) is 34.4. The minimum atomic E-state index is -6.79. The molecule has 0 atom stereocenters. The standard InChI is InChI=1S/3C23H26O2S.O.Sb/c3*1-18-4-10-21(11-5-18)26(24,22-12-6-19(2)7-13-22)23-14-8-20(9-15-23)16-17-25-3;;/h3*4-15,24H,16-17H2,1-3H3;;/q;;;;+3/p-3. The van der Waals surface area contributed by atoms with Crippen molar-refractivity contribution in [3.63, 3.8) is 0 Å². The number of aryl methyl sites for hydroxylation is 6. The van der Waals surface area contributed by atoms with Crippen molar-refractivity contribution in [2.75, 3.05) is 41.2 Å². The van der Waals surface area contributed by atoms with Crippen LogP contribution in [-0.2, 0) is 43.9 Å². The van der Waals surface area contributed by atoms with Crippen LogP contribution < -0.4 is 0 Å². The van der Waals surface area contributed by atoms with E-state index in [1.807, 2.05) is 0 Å². The molecule has 0 fully saturated rings. The first kappa shape index (κ1) is 59.0. The Morgan fingerprint density at radius 2 is 0.412 bits per heavy atom. The first-order valence-corrected chi connectivity index (χ1v) is 36.0. The molecule has 0 saturated heterocycles. The average Bonchev–Trinajstić information content (AvgIpc) is 3.65. The summed E-state index contributed by atoms with van der Waals surface area (Å²) in [5, 5.41) is 0. The Balaban J connectivity index is 1.45. The topological polar surface area (TPSA) is 72.5 Å². The fourth-order valence-corrected chi connectivity index (χ4v) is 34.2. The van der Waals surface area contributed by atoms with Crippen LogP contribution in [0.2, 0.25) is 0 Å². The van der Waals surface area contributed by atoms with E-state index in [1.54, 1.807) is 21.3 Å². The van der Waals surface area contributed by atoms with Gasteiger partial charge in [0.05, 0.1) is 0 Å². The van der Waals surface area contributed by atoms with Gasteiger partial charge < -0.3 is 0 Å². The molecule has 0 unspecified atom stereocenters. The summed E-state index contributed by atoms with van der Waals surface area (Å²) in [5.74, 6) is 0. The van der Waals surface area contributed by atoms with E-state index in [9.17, 15) is 0 Å². The number of methoxy groups -OCH3 is 3. The van der Waals surface area contributed by atoms with Gasteiger partial charge >= 0.3 is 490 Å². The SMILES string of the molecule is COCCc1ccc(S([O][Sb](=[O])([O]S(c2ccc(C)cc2)(c2ccc(C)cc2)c2ccc(CCOC)cc2)[O]S(c2ccc(C)cc2)(c2ccc(C)cc2)c2ccc(CCOC)cc2)(c2ccc(C)cc2)c2ccc(C)cc2)cc1. The van der Waals surface area contributed by atoms with E-state index in [4.69, 9.17) is 21.6 Å². The molecule has 80 heavy (non-hydrogen) atoms. The monoisotopic (exact) mass is 1230 g/mol. The van der Waals surface area contributed by atoms with E-state index in [1.165, 1.54) is 0 Å². The van der Waals surface area contributed by atoms with E-state index >= 15 is 3.02 Å². The van der Waals surface area contributed by atoms with Gasteiger partial charge in [0.25, 0.3) is 0 Å². The number of benzene rings is 9. The average molecular weight is 1230 g/mol. The summed E-state index contributed by atoms with van der Waals surface area (Å²) in [6.07, 6.45) is 2.16. The molecule has 0 aliphatic carbocycles. The Labute approximate surface area is 486 Å². The van der Waals surface area contributed by atoms with Gasteiger partial charge in [-0.25, -0.2) is 0 Å². The number of hydrogen-bond acceptors (Lipinski definition) is 7. The normalized spacial score (nSPS) is 12.8. The molecule has 0 aromatic heterocycles. The zero-order valence-electron chi connectivity index (χ0n) is 47.6. The molecule has 0 N–H and O–H groups in total. The first-order chi connectivity index (χ1) is 38.7. The summed E-state index contributed by atoms with van der Waals surface area (Å²) in [5.41, 5.74) is 9.79. The molecule has 0 aliphatic heterocycles. The summed E-state index contributed by atoms with van der Waals surface area (Å²) in [7, 11) is -4.02. The summed E-state index contributed by atoms with van der Waals surface area (Å²) >= 11 is -6.79. The van der Waals surface area contributed by atoms with Crippen molar-refractivity contribution in [1.82, 2.24) is 0 Å². The third kappa shape index (κ3) is 13.0. The van der Waals surface area contributed by atoms with E-state index < -0.39 is 51.0 Å². The van der Waals surface area contributed by atoms with Gasteiger partial charge in [-0.05, 0) is 0 Å². The molecular formula is C69H75O7S3Sb. The van der Waals surface area contributed by atoms with Gasteiger partial charge in [-0.2, -0.15) is 0 Å². The molecule has 0 spiro atoms. The van der Waals surface area contributed by atoms with Gasteiger partial charge in [-0.3, -0.25) is 0 Å². The molecule has 0 heterocycles.